The molecule has 132 valence electrons. The van der Waals surface area contributed by atoms with Gasteiger partial charge in [0.15, 0.2) is 5.66 Å². The van der Waals surface area contributed by atoms with Crippen molar-refractivity contribution in [3.05, 3.63) is 33.5 Å². The number of hydrogen-bond acceptors (Lipinski definition) is 8. The van der Waals surface area contributed by atoms with Crippen LogP contribution >= 0.6 is 11.6 Å². The lowest BCUT2D eigenvalue weighted by molar-refractivity contribution is -0.384. The number of nitrogens with zero attached hydrogens (tertiary/aromatic N) is 5. The van der Waals surface area contributed by atoms with Crippen molar-refractivity contribution >= 4 is 41.2 Å². The average molecular weight is 366 g/mol. The summed E-state index contributed by atoms with van der Waals surface area (Å²) in [6.07, 6.45) is 3.34. The molecule has 11 nitrogen and oxygen atoms in total. The standard InChI is InChI=1S/C13H16ClN9O2/c1-13-6-9(14)20-12(22(13)19-7-18-13)17-5-4-16-10-3-2-8(23(24)25)11(15)21-10/h2-3,6-7H,4-5H2,1H3,(H,17,20)(H,18,19)(H3,15,16,21). The van der Waals surface area contributed by atoms with E-state index in [9.17, 15) is 10.1 Å². The van der Waals surface area contributed by atoms with Crippen LogP contribution in [0.15, 0.2) is 33.3 Å². The third-order valence-electron chi connectivity index (χ3n) is 3.59. The fourth-order valence-corrected chi connectivity index (χ4v) is 2.69. The van der Waals surface area contributed by atoms with E-state index in [-0.39, 0.29) is 11.5 Å². The number of fused-ring (bicyclic) bond motifs is 1. The van der Waals surface area contributed by atoms with Crippen molar-refractivity contribution in [3.63, 3.8) is 0 Å². The van der Waals surface area contributed by atoms with Gasteiger partial charge in [-0.15, -0.1) is 0 Å². The van der Waals surface area contributed by atoms with Crippen molar-refractivity contribution in [3.8, 4) is 0 Å². The minimum absolute atomic E-state index is 0.138. The quantitative estimate of drug-likeness (QED) is 0.256. The maximum absolute atomic E-state index is 10.7. The summed E-state index contributed by atoms with van der Waals surface area (Å²) in [5.74, 6) is 0.831. The molecule has 1 unspecified atom stereocenters. The smallest absolute Gasteiger partial charge is 0.311 e. The lowest BCUT2D eigenvalue weighted by Crippen LogP contribution is -2.57. The molecular weight excluding hydrogens is 350 g/mol. The highest BCUT2D eigenvalue weighted by atomic mass is 35.5. The Bertz CT molecular complexity index is 794. The van der Waals surface area contributed by atoms with Gasteiger partial charge in [-0.3, -0.25) is 15.5 Å². The van der Waals surface area contributed by atoms with Gasteiger partial charge in [0.05, 0.1) is 11.5 Å². The predicted octanol–water partition coefficient (Wildman–Crippen LogP) is 0.588. The molecule has 2 aliphatic rings. The number of nitrogens with one attached hydrogen (secondary N) is 3. The SMILES string of the molecule is CC12C=C(Cl)NC(=NCCNc3ccc([N+](=O)[O-])c(N)n3)N1NC=N2. The van der Waals surface area contributed by atoms with Gasteiger partial charge >= 0.3 is 5.69 Å². The van der Waals surface area contributed by atoms with E-state index in [0.29, 0.717) is 30.0 Å². The molecule has 25 heavy (non-hydrogen) atoms. The van der Waals surface area contributed by atoms with Gasteiger partial charge in [-0.05, 0) is 13.0 Å². The van der Waals surface area contributed by atoms with Crippen LogP contribution in [-0.2, 0) is 0 Å². The summed E-state index contributed by atoms with van der Waals surface area (Å²) >= 11 is 6.08. The molecule has 0 bridgehead atoms. The van der Waals surface area contributed by atoms with E-state index < -0.39 is 10.6 Å². The number of hydrazine groups is 1. The fourth-order valence-electron chi connectivity index (χ4n) is 2.40. The predicted molar refractivity (Wildman–Crippen MR) is 95.0 cm³/mol. The van der Waals surface area contributed by atoms with Gasteiger partial charge in [-0.2, -0.15) is 0 Å². The molecule has 3 rings (SSSR count). The molecule has 0 saturated carbocycles. The summed E-state index contributed by atoms with van der Waals surface area (Å²) in [7, 11) is 0. The number of hydrogen-bond donors (Lipinski definition) is 4. The number of nitrogen functional groups attached to an aromatic ring is 1. The first kappa shape index (κ1) is 16.8. The average Bonchev–Trinajstić information content (AvgIpc) is 2.92. The Morgan fingerprint density at radius 3 is 3.08 bits per heavy atom. The van der Waals surface area contributed by atoms with Crippen molar-refractivity contribution in [1.29, 1.82) is 0 Å². The highest BCUT2D eigenvalue weighted by Crippen LogP contribution is 2.26. The van der Waals surface area contributed by atoms with Crippen LogP contribution in [0.25, 0.3) is 0 Å². The first-order chi connectivity index (χ1) is 11.9. The van der Waals surface area contributed by atoms with Crippen LogP contribution in [0, 0.1) is 10.1 Å². The zero-order valence-corrected chi connectivity index (χ0v) is 14.0. The first-order valence-electron chi connectivity index (χ1n) is 7.34. The first-order valence-corrected chi connectivity index (χ1v) is 7.71. The van der Waals surface area contributed by atoms with Crippen LogP contribution in [0.1, 0.15) is 6.92 Å². The second kappa shape index (κ2) is 6.43. The minimum Gasteiger partial charge on any atom is -0.378 e. The Balaban J connectivity index is 1.60. The molecular formula is C13H16ClN9O2. The molecule has 12 heteroatoms. The molecule has 0 radical (unpaired) electrons. The van der Waals surface area contributed by atoms with Crippen LogP contribution in [0.5, 0.6) is 0 Å². The highest BCUT2D eigenvalue weighted by molar-refractivity contribution is 6.30. The number of anilines is 2. The van der Waals surface area contributed by atoms with Gasteiger partial charge < -0.3 is 16.4 Å². The van der Waals surface area contributed by atoms with Crippen molar-refractivity contribution in [2.75, 3.05) is 24.1 Å². The summed E-state index contributed by atoms with van der Waals surface area (Å²) in [6, 6.07) is 2.80. The van der Waals surface area contributed by atoms with Gasteiger partial charge in [0.1, 0.15) is 17.3 Å². The van der Waals surface area contributed by atoms with Crippen LogP contribution < -0.4 is 21.8 Å². The summed E-state index contributed by atoms with van der Waals surface area (Å²) < 4.78 is 0. The number of nitro groups is 1. The Labute approximate surface area is 147 Å². The molecule has 1 atom stereocenters. The number of halogens is 1. The van der Waals surface area contributed by atoms with Crippen molar-refractivity contribution in [2.45, 2.75) is 12.6 Å². The van der Waals surface area contributed by atoms with E-state index in [1.807, 2.05) is 6.92 Å². The molecule has 1 aromatic rings. The molecule has 0 aliphatic carbocycles. The van der Waals surface area contributed by atoms with E-state index in [0.717, 1.165) is 0 Å². The van der Waals surface area contributed by atoms with Gasteiger partial charge in [0.2, 0.25) is 11.8 Å². The zero-order chi connectivity index (χ0) is 18.0. The number of pyridine rings is 1. The molecule has 0 spiro atoms. The molecule has 0 fully saturated rings. The van der Waals surface area contributed by atoms with Gasteiger partial charge in [0.25, 0.3) is 0 Å². The lowest BCUT2D eigenvalue weighted by atomic mass is 10.2. The molecule has 0 aromatic carbocycles. The number of guanidine groups is 1. The Morgan fingerprint density at radius 1 is 1.56 bits per heavy atom. The topological polar surface area (TPSA) is 146 Å². The molecule has 3 heterocycles. The fraction of sp³-hybridized carbons (Fsp3) is 0.308. The lowest BCUT2D eigenvalue weighted by Gasteiger charge is -2.36. The minimum atomic E-state index is -0.622. The summed E-state index contributed by atoms with van der Waals surface area (Å²) in [5, 5.41) is 18.9. The van der Waals surface area contributed by atoms with Crippen molar-refractivity contribution in [2.24, 2.45) is 9.98 Å². The largest absolute Gasteiger partial charge is 0.378 e. The Hall–Kier alpha value is -3.08. The Morgan fingerprint density at radius 2 is 2.36 bits per heavy atom. The van der Waals surface area contributed by atoms with E-state index in [2.05, 4.69) is 31.0 Å². The molecule has 1 aromatic heterocycles. The van der Waals surface area contributed by atoms with Gasteiger partial charge in [-0.25, -0.2) is 20.0 Å². The summed E-state index contributed by atoms with van der Waals surface area (Å²) in [4.78, 5) is 22.8. The zero-order valence-electron chi connectivity index (χ0n) is 13.2. The molecule has 5 N–H and O–H groups in total. The summed E-state index contributed by atoms with van der Waals surface area (Å²) in [6.45, 7) is 2.74. The van der Waals surface area contributed by atoms with Crippen LogP contribution in [-0.4, -0.2) is 46.0 Å². The van der Waals surface area contributed by atoms with E-state index in [1.165, 1.54) is 12.1 Å². The van der Waals surface area contributed by atoms with Gasteiger partial charge in [0, 0.05) is 18.7 Å². The second-order valence-electron chi connectivity index (χ2n) is 5.42. The van der Waals surface area contributed by atoms with Crippen molar-refractivity contribution in [1.82, 2.24) is 20.7 Å². The van der Waals surface area contributed by atoms with E-state index in [4.69, 9.17) is 17.3 Å². The highest BCUT2D eigenvalue weighted by Gasteiger charge is 2.39. The maximum atomic E-state index is 10.7. The number of aliphatic imine (C=N–C) groups is 2. The summed E-state index contributed by atoms with van der Waals surface area (Å²) in [5.41, 5.74) is 7.69. The van der Waals surface area contributed by atoms with Crippen molar-refractivity contribution < 1.29 is 4.92 Å². The van der Waals surface area contributed by atoms with Crippen LogP contribution in [0.2, 0.25) is 0 Å². The van der Waals surface area contributed by atoms with E-state index >= 15 is 0 Å². The number of nitrogens with two attached hydrogens (primary N) is 1. The van der Waals surface area contributed by atoms with E-state index in [1.54, 1.807) is 17.4 Å². The normalized spacial score (nSPS) is 22.9. The second-order valence-corrected chi connectivity index (χ2v) is 5.83. The molecule has 0 saturated heterocycles. The van der Waals surface area contributed by atoms with Crippen LogP contribution in [0.4, 0.5) is 17.3 Å². The number of rotatable bonds is 5. The van der Waals surface area contributed by atoms with Crippen LogP contribution in [0.3, 0.4) is 0 Å². The monoisotopic (exact) mass is 365 g/mol. The third kappa shape index (κ3) is 3.40. The third-order valence-corrected chi connectivity index (χ3v) is 3.79. The number of aromatic nitrogens is 1. The Kier molecular flexibility index (Phi) is 4.31. The molecule has 2 aliphatic heterocycles. The van der Waals surface area contributed by atoms with Gasteiger partial charge in [-0.1, -0.05) is 11.6 Å². The maximum Gasteiger partial charge on any atom is 0.311 e. The molecule has 0 amide bonds.